The van der Waals surface area contributed by atoms with E-state index in [1.165, 1.54) is 10.7 Å². The van der Waals surface area contributed by atoms with E-state index in [1.54, 1.807) is 31.5 Å². The van der Waals surface area contributed by atoms with Crippen molar-refractivity contribution in [3.05, 3.63) is 100 Å². The van der Waals surface area contributed by atoms with Gasteiger partial charge in [-0.3, -0.25) is 4.79 Å². The molecule has 6 nitrogen and oxygen atoms in total. The van der Waals surface area contributed by atoms with Crippen molar-refractivity contribution in [2.24, 2.45) is 0 Å². The summed E-state index contributed by atoms with van der Waals surface area (Å²) in [6.45, 7) is 0. The van der Waals surface area contributed by atoms with Crippen LogP contribution in [0.3, 0.4) is 0 Å². The Labute approximate surface area is 188 Å². The summed E-state index contributed by atoms with van der Waals surface area (Å²) in [5.74, 6) is 1.15. The molecule has 0 amide bonds. The number of rotatable bonds is 4. The number of ether oxygens (including phenoxy) is 1. The SMILES string of the molecule is COc1ccc(-c2cc3cccnc3nc2-n2nc(-c3ccc(Cl)cc3)ccc2=O)cc1. The zero-order chi connectivity index (χ0) is 22.1. The standard InChI is InChI=1S/C25H17ClN4O2/c1-32-20-10-6-16(7-11-20)21-15-18-3-2-14-27-24(18)28-25(21)30-23(31)13-12-22(29-30)17-4-8-19(26)9-5-17/h2-15H,1H3. The van der Waals surface area contributed by atoms with E-state index in [0.717, 1.165) is 27.8 Å². The summed E-state index contributed by atoms with van der Waals surface area (Å²) in [5, 5.41) is 6.11. The van der Waals surface area contributed by atoms with Crippen molar-refractivity contribution in [3.8, 4) is 34.0 Å². The van der Waals surface area contributed by atoms with Gasteiger partial charge in [0.25, 0.3) is 5.56 Å². The average molecular weight is 441 g/mol. The predicted octanol–water partition coefficient (Wildman–Crippen LogP) is 5.17. The highest BCUT2D eigenvalue weighted by molar-refractivity contribution is 6.30. The van der Waals surface area contributed by atoms with Gasteiger partial charge in [0.1, 0.15) is 5.75 Å². The molecule has 0 unspecified atom stereocenters. The van der Waals surface area contributed by atoms with Gasteiger partial charge in [-0.25, -0.2) is 9.97 Å². The van der Waals surface area contributed by atoms with Crippen LogP contribution in [0.25, 0.3) is 39.2 Å². The molecule has 0 spiro atoms. The maximum Gasteiger partial charge on any atom is 0.272 e. The van der Waals surface area contributed by atoms with Gasteiger partial charge in [-0.05, 0) is 54.1 Å². The normalized spacial score (nSPS) is 10.9. The average Bonchev–Trinajstić information content (AvgIpc) is 2.84. The van der Waals surface area contributed by atoms with Crippen LogP contribution < -0.4 is 10.3 Å². The molecule has 0 atom stereocenters. The highest BCUT2D eigenvalue weighted by Gasteiger charge is 2.15. The maximum absolute atomic E-state index is 12.9. The van der Waals surface area contributed by atoms with Gasteiger partial charge in [0, 0.05) is 33.8 Å². The minimum Gasteiger partial charge on any atom is -0.497 e. The quantitative estimate of drug-likeness (QED) is 0.385. The molecule has 0 bridgehead atoms. The van der Waals surface area contributed by atoms with E-state index in [2.05, 4.69) is 10.1 Å². The Morgan fingerprint density at radius 2 is 1.66 bits per heavy atom. The van der Waals surface area contributed by atoms with Gasteiger partial charge in [-0.15, -0.1) is 0 Å². The molecule has 0 aliphatic heterocycles. The van der Waals surface area contributed by atoms with Gasteiger partial charge in [0.15, 0.2) is 11.5 Å². The Morgan fingerprint density at radius 3 is 2.41 bits per heavy atom. The predicted molar refractivity (Wildman–Crippen MR) is 125 cm³/mol. The zero-order valence-electron chi connectivity index (χ0n) is 17.1. The van der Waals surface area contributed by atoms with Crippen molar-refractivity contribution in [2.75, 3.05) is 7.11 Å². The Balaban J connectivity index is 1.75. The third-order valence-corrected chi connectivity index (χ3v) is 5.36. The third kappa shape index (κ3) is 3.72. The summed E-state index contributed by atoms with van der Waals surface area (Å²) < 4.78 is 6.60. The van der Waals surface area contributed by atoms with Gasteiger partial charge in [-0.1, -0.05) is 35.9 Å². The summed E-state index contributed by atoms with van der Waals surface area (Å²) in [6.07, 6.45) is 1.67. The number of nitrogens with zero attached hydrogens (tertiary/aromatic N) is 4. The van der Waals surface area contributed by atoms with Crippen LogP contribution in [0.15, 0.2) is 89.9 Å². The van der Waals surface area contributed by atoms with E-state index in [0.29, 0.717) is 22.2 Å². The van der Waals surface area contributed by atoms with Crippen molar-refractivity contribution in [1.29, 1.82) is 0 Å². The van der Waals surface area contributed by atoms with Crippen LogP contribution in [0.2, 0.25) is 5.02 Å². The number of methoxy groups -OCH3 is 1. The lowest BCUT2D eigenvalue weighted by molar-refractivity contribution is 0.415. The van der Waals surface area contributed by atoms with Gasteiger partial charge in [0.05, 0.1) is 12.8 Å². The number of aromatic nitrogens is 4. The molecule has 0 saturated carbocycles. The second kappa shape index (κ2) is 8.24. The van der Waals surface area contributed by atoms with Crippen molar-refractivity contribution in [1.82, 2.24) is 19.7 Å². The second-order valence-corrected chi connectivity index (χ2v) is 7.55. The fourth-order valence-electron chi connectivity index (χ4n) is 3.48. The Kier molecular flexibility index (Phi) is 5.13. The van der Waals surface area contributed by atoms with E-state index >= 15 is 0 Å². The van der Waals surface area contributed by atoms with E-state index < -0.39 is 0 Å². The van der Waals surface area contributed by atoms with Gasteiger partial charge in [-0.2, -0.15) is 9.78 Å². The number of halogens is 1. The van der Waals surface area contributed by atoms with Gasteiger partial charge in [0.2, 0.25) is 0 Å². The van der Waals surface area contributed by atoms with E-state index in [-0.39, 0.29) is 5.56 Å². The molecule has 5 rings (SSSR count). The molecule has 7 heteroatoms. The summed E-state index contributed by atoms with van der Waals surface area (Å²) >= 11 is 6.02. The van der Waals surface area contributed by atoms with Crippen molar-refractivity contribution in [2.45, 2.75) is 0 Å². The number of hydrogen-bond acceptors (Lipinski definition) is 5. The molecule has 156 valence electrons. The number of benzene rings is 2. The molecule has 0 aliphatic carbocycles. The molecule has 0 aliphatic rings. The van der Waals surface area contributed by atoms with Crippen LogP contribution in [0, 0.1) is 0 Å². The largest absolute Gasteiger partial charge is 0.497 e. The monoisotopic (exact) mass is 440 g/mol. The van der Waals surface area contributed by atoms with Crippen molar-refractivity contribution in [3.63, 3.8) is 0 Å². The van der Waals surface area contributed by atoms with Crippen LogP contribution >= 0.6 is 11.6 Å². The highest BCUT2D eigenvalue weighted by Crippen LogP contribution is 2.29. The summed E-state index contributed by atoms with van der Waals surface area (Å²) in [4.78, 5) is 21.9. The molecule has 5 aromatic rings. The minimum absolute atomic E-state index is 0.291. The van der Waals surface area contributed by atoms with Gasteiger partial charge >= 0.3 is 0 Å². The molecular formula is C25H17ClN4O2. The molecule has 3 heterocycles. The zero-order valence-corrected chi connectivity index (χ0v) is 17.8. The smallest absolute Gasteiger partial charge is 0.272 e. The van der Waals surface area contributed by atoms with Crippen LogP contribution in [0.5, 0.6) is 5.75 Å². The minimum atomic E-state index is -0.291. The van der Waals surface area contributed by atoms with Crippen LogP contribution in [0.1, 0.15) is 0 Å². The molecule has 0 radical (unpaired) electrons. The van der Waals surface area contributed by atoms with Gasteiger partial charge < -0.3 is 4.74 Å². The highest BCUT2D eigenvalue weighted by atomic mass is 35.5. The first kappa shape index (κ1) is 19.9. The van der Waals surface area contributed by atoms with E-state index in [9.17, 15) is 4.79 Å². The van der Waals surface area contributed by atoms with Crippen molar-refractivity contribution < 1.29 is 4.74 Å². The summed E-state index contributed by atoms with van der Waals surface area (Å²) in [5.41, 5.74) is 3.35. The van der Waals surface area contributed by atoms with E-state index in [4.69, 9.17) is 21.3 Å². The Hall–Kier alpha value is -4.03. The fraction of sp³-hybridized carbons (Fsp3) is 0.0400. The summed E-state index contributed by atoms with van der Waals surface area (Å²) in [6, 6.07) is 23.8. The van der Waals surface area contributed by atoms with E-state index in [1.807, 2.05) is 54.6 Å². The molecule has 0 fully saturated rings. The van der Waals surface area contributed by atoms with Crippen LogP contribution in [-0.2, 0) is 0 Å². The second-order valence-electron chi connectivity index (χ2n) is 7.11. The number of fused-ring (bicyclic) bond motifs is 1. The lowest BCUT2D eigenvalue weighted by atomic mass is 10.0. The third-order valence-electron chi connectivity index (χ3n) is 5.11. The van der Waals surface area contributed by atoms with Crippen LogP contribution in [0.4, 0.5) is 0 Å². The lowest BCUT2D eigenvalue weighted by Crippen LogP contribution is -2.22. The number of hydrogen-bond donors (Lipinski definition) is 0. The molecular weight excluding hydrogens is 424 g/mol. The molecule has 3 aromatic heterocycles. The lowest BCUT2D eigenvalue weighted by Gasteiger charge is -2.13. The number of pyridine rings is 2. The molecule has 2 aromatic carbocycles. The summed E-state index contributed by atoms with van der Waals surface area (Å²) in [7, 11) is 1.62. The fourth-order valence-corrected chi connectivity index (χ4v) is 3.60. The Bertz CT molecular complexity index is 1480. The first-order valence-electron chi connectivity index (χ1n) is 9.89. The first-order valence-corrected chi connectivity index (χ1v) is 10.3. The molecule has 32 heavy (non-hydrogen) atoms. The van der Waals surface area contributed by atoms with Crippen LogP contribution in [-0.4, -0.2) is 26.9 Å². The first-order chi connectivity index (χ1) is 15.6. The molecule has 0 N–H and O–H groups in total. The molecule has 0 saturated heterocycles. The Morgan fingerprint density at radius 1 is 0.906 bits per heavy atom. The topological polar surface area (TPSA) is 69.9 Å². The maximum atomic E-state index is 12.9. The van der Waals surface area contributed by atoms with Crippen molar-refractivity contribution >= 4 is 22.6 Å².